The van der Waals surface area contributed by atoms with Crippen LogP contribution in [0.5, 0.6) is 0 Å². The number of benzene rings is 1. The quantitative estimate of drug-likeness (QED) is 0.625. The number of alkyl halides is 3. The molecule has 0 bridgehead atoms. The van der Waals surface area contributed by atoms with Crippen LogP contribution in [0.25, 0.3) is 0 Å². The van der Waals surface area contributed by atoms with Crippen LogP contribution >= 0.6 is 22.6 Å². The minimum Gasteiger partial charge on any atom is -0.316 e. The molecule has 0 spiro atoms. The van der Waals surface area contributed by atoms with Crippen molar-refractivity contribution in [2.45, 2.75) is 12.2 Å². The Labute approximate surface area is 91.4 Å². The van der Waals surface area contributed by atoms with Crippen LogP contribution in [0.3, 0.4) is 0 Å². The van der Waals surface area contributed by atoms with Gasteiger partial charge in [-0.15, -0.1) is 0 Å². The van der Waals surface area contributed by atoms with Crippen LogP contribution in [0.4, 0.5) is 17.6 Å². The fourth-order valence-electron chi connectivity index (χ4n) is 0.930. The van der Waals surface area contributed by atoms with Crippen molar-refractivity contribution in [2.75, 3.05) is 0 Å². The SMILES string of the molecule is N[C@H](c1ccc(F)cc1I)C(F)(F)F. The molecule has 2 N–H and O–H groups in total. The summed E-state index contributed by atoms with van der Waals surface area (Å²) >= 11 is 1.62. The Balaban J connectivity index is 3.08. The fraction of sp³-hybridized carbons (Fsp3) is 0.250. The van der Waals surface area contributed by atoms with E-state index in [9.17, 15) is 17.6 Å². The normalized spacial score (nSPS) is 14.1. The Bertz CT molecular complexity index is 337. The number of hydrogen-bond donors (Lipinski definition) is 1. The summed E-state index contributed by atoms with van der Waals surface area (Å²) < 4.78 is 49.3. The summed E-state index contributed by atoms with van der Waals surface area (Å²) in [6.45, 7) is 0. The molecule has 0 aliphatic heterocycles. The molecule has 1 atom stereocenters. The lowest BCUT2D eigenvalue weighted by Crippen LogP contribution is -2.29. The van der Waals surface area contributed by atoms with Crippen LogP contribution in [-0.2, 0) is 0 Å². The molecule has 0 amide bonds. The van der Waals surface area contributed by atoms with E-state index in [1.807, 2.05) is 0 Å². The first-order valence-corrected chi connectivity index (χ1v) is 4.67. The third kappa shape index (κ3) is 2.57. The van der Waals surface area contributed by atoms with Gasteiger partial charge in [0.15, 0.2) is 0 Å². The molecule has 6 heteroatoms. The van der Waals surface area contributed by atoms with Crippen LogP contribution in [-0.4, -0.2) is 6.18 Å². The maximum absolute atomic E-state index is 12.6. The highest BCUT2D eigenvalue weighted by atomic mass is 127. The second kappa shape index (κ2) is 4.01. The second-order valence-corrected chi connectivity index (χ2v) is 3.85. The van der Waals surface area contributed by atoms with Gasteiger partial charge in [-0.1, -0.05) is 6.07 Å². The largest absolute Gasteiger partial charge is 0.407 e. The Kier molecular flexibility index (Phi) is 3.36. The van der Waals surface area contributed by atoms with E-state index >= 15 is 0 Å². The lowest BCUT2D eigenvalue weighted by molar-refractivity contribution is -0.149. The lowest BCUT2D eigenvalue weighted by atomic mass is 10.1. The molecule has 0 aliphatic carbocycles. The molecule has 0 fully saturated rings. The van der Waals surface area contributed by atoms with Gasteiger partial charge in [0.25, 0.3) is 0 Å². The summed E-state index contributed by atoms with van der Waals surface area (Å²) in [6.07, 6.45) is -4.50. The topological polar surface area (TPSA) is 26.0 Å². The fourth-order valence-corrected chi connectivity index (χ4v) is 1.74. The van der Waals surface area contributed by atoms with Crippen LogP contribution in [0.15, 0.2) is 18.2 Å². The average molecular weight is 319 g/mol. The summed E-state index contributed by atoms with van der Waals surface area (Å²) in [6, 6.07) is 0.967. The van der Waals surface area contributed by atoms with Crippen molar-refractivity contribution in [1.29, 1.82) is 0 Å². The molecular weight excluding hydrogens is 313 g/mol. The molecule has 1 aromatic carbocycles. The average Bonchev–Trinajstić information content (AvgIpc) is 2.01. The Morgan fingerprint density at radius 2 is 1.86 bits per heavy atom. The minimum absolute atomic E-state index is 0.112. The van der Waals surface area contributed by atoms with Crippen LogP contribution in [0.2, 0.25) is 0 Å². The number of nitrogens with two attached hydrogens (primary N) is 1. The van der Waals surface area contributed by atoms with Gasteiger partial charge in [-0.2, -0.15) is 13.2 Å². The van der Waals surface area contributed by atoms with Gasteiger partial charge >= 0.3 is 6.18 Å². The van der Waals surface area contributed by atoms with Gasteiger partial charge in [0.2, 0.25) is 0 Å². The van der Waals surface area contributed by atoms with Gasteiger partial charge in [0, 0.05) is 3.57 Å². The van der Waals surface area contributed by atoms with Gasteiger partial charge in [-0.3, -0.25) is 0 Å². The Morgan fingerprint density at radius 3 is 2.29 bits per heavy atom. The van der Waals surface area contributed by atoms with Crippen molar-refractivity contribution < 1.29 is 17.6 Å². The zero-order valence-corrected chi connectivity index (χ0v) is 8.93. The van der Waals surface area contributed by atoms with E-state index < -0.39 is 18.0 Å². The number of hydrogen-bond acceptors (Lipinski definition) is 1. The van der Waals surface area contributed by atoms with Crippen molar-refractivity contribution in [3.05, 3.63) is 33.1 Å². The van der Waals surface area contributed by atoms with E-state index in [1.54, 1.807) is 22.6 Å². The molecule has 14 heavy (non-hydrogen) atoms. The Hall–Kier alpha value is -0.370. The van der Waals surface area contributed by atoms with E-state index in [-0.39, 0.29) is 9.13 Å². The summed E-state index contributed by atoms with van der Waals surface area (Å²) in [7, 11) is 0. The number of halogens is 5. The molecule has 0 unspecified atom stereocenters. The highest BCUT2D eigenvalue weighted by Gasteiger charge is 2.38. The molecule has 0 radical (unpaired) electrons. The first-order valence-electron chi connectivity index (χ1n) is 3.59. The zero-order chi connectivity index (χ0) is 10.9. The standard InChI is InChI=1S/C8H6F4IN/c9-4-1-2-5(6(13)3-4)7(14)8(10,11)12/h1-3,7H,14H2/t7-/m1/s1. The van der Waals surface area contributed by atoms with E-state index in [0.717, 1.165) is 18.2 Å². The second-order valence-electron chi connectivity index (χ2n) is 2.69. The van der Waals surface area contributed by atoms with Crippen molar-refractivity contribution in [2.24, 2.45) is 5.73 Å². The van der Waals surface area contributed by atoms with Crippen LogP contribution < -0.4 is 5.73 Å². The summed E-state index contributed by atoms with van der Waals surface area (Å²) in [5.74, 6) is -0.576. The van der Waals surface area contributed by atoms with E-state index in [2.05, 4.69) is 0 Å². The maximum atomic E-state index is 12.6. The van der Waals surface area contributed by atoms with Gasteiger partial charge in [0.05, 0.1) is 0 Å². The van der Waals surface area contributed by atoms with Crippen LogP contribution in [0.1, 0.15) is 11.6 Å². The van der Waals surface area contributed by atoms with E-state index in [4.69, 9.17) is 5.73 Å². The molecule has 0 aliphatic rings. The molecule has 0 saturated heterocycles. The molecule has 78 valence electrons. The van der Waals surface area contributed by atoms with Crippen molar-refractivity contribution in [1.82, 2.24) is 0 Å². The van der Waals surface area contributed by atoms with E-state index in [1.165, 1.54) is 0 Å². The molecule has 1 aromatic rings. The molecule has 1 nitrogen and oxygen atoms in total. The molecule has 0 saturated carbocycles. The predicted octanol–water partition coefficient (Wildman–Crippen LogP) is 2.99. The first-order chi connectivity index (χ1) is 6.32. The minimum atomic E-state index is -4.50. The summed E-state index contributed by atoms with van der Waals surface area (Å²) in [5.41, 5.74) is 4.86. The van der Waals surface area contributed by atoms with Gasteiger partial charge in [-0.25, -0.2) is 4.39 Å². The first kappa shape index (κ1) is 11.7. The monoisotopic (exact) mass is 319 g/mol. The molecular formula is C8H6F4IN. The van der Waals surface area contributed by atoms with Crippen molar-refractivity contribution >= 4 is 22.6 Å². The third-order valence-electron chi connectivity index (χ3n) is 1.65. The molecule has 1 rings (SSSR count). The highest BCUT2D eigenvalue weighted by molar-refractivity contribution is 14.1. The lowest BCUT2D eigenvalue weighted by Gasteiger charge is -2.17. The third-order valence-corrected chi connectivity index (χ3v) is 2.58. The van der Waals surface area contributed by atoms with Gasteiger partial charge in [0.1, 0.15) is 11.9 Å². The smallest absolute Gasteiger partial charge is 0.316 e. The zero-order valence-electron chi connectivity index (χ0n) is 6.78. The molecule has 0 heterocycles. The summed E-state index contributed by atoms with van der Waals surface area (Å²) in [5, 5.41) is 0. The summed E-state index contributed by atoms with van der Waals surface area (Å²) in [4.78, 5) is 0. The predicted molar refractivity (Wildman–Crippen MR) is 52.1 cm³/mol. The Morgan fingerprint density at radius 1 is 1.29 bits per heavy atom. The molecule has 0 aromatic heterocycles. The highest BCUT2D eigenvalue weighted by Crippen LogP contribution is 2.32. The maximum Gasteiger partial charge on any atom is 0.407 e. The van der Waals surface area contributed by atoms with Gasteiger partial charge < -0.3 is 5.73 Å². The van der Waals surface area contributed by atoms with Crippen molar-refractivity contribution in [3.8, 4) is 0 Å². The van der Waals surface area contributed by atoms with Gasteiger partial charge in [-0.05, 0) is 40.3 Å². The number of rotatable bonds is 1. The van der Waals surface area contributed by atoms with Crippen LogP contribution in [0, 0.1) is 9.39 Å². The van der Waals surface area contributed by atoms with Crippen molar-refractivity contribution in [3.63, 3.8) is 0 Å². The van der Waals surface area contributed by atoms with E-state index in [0.29, 0.717) is 0 Å².